The van der Waals surface area contributed by atoms with E-state index in [0.29, 0.717) is 22.5 Å². The van der Waals surface area contributed by atoms with Gasteiger partial charge in [-0.25, -0.2) is 9.59 Å². The molecular formula is C19H25N3O4. The van der Waals surface area contributed by atoms with Gasteiger partial charge in [0.2, 0.25) is 5.91 Å². The molecule has 1 aliphatic heterocycles. The smallest absolute Gasteiger partial charge is 0.338 e. The number of carbonyl (C=O) groups is 3. The lowest BCUT2D eigenvalue weighted by atomic mass is 9.94. The molecule has 0 saturated heterocycles. The fourth-order valence-electron chi connectivity index (χ4n) is 2.64. The second-order valence-corrected chi connectivity index (χ2v) is 6.43. The zero-order valence-electron chi connectivity index (χ0n) is 15.8. The molecule has 0 spiro atoms. The van der Waals surface area contributed by atoms with Gasteiger partial charge in [0, 0.05) is 24.4 Å². The normalized spacial score (nSPS) is 17.2. The van der Waals surface area contributed by atoms with Crippen molar-refractivity contribution in [3.05, 3.63) is 41.1 Å². The van der Waals surface area contributed by atoms with Gasteiger partial charge in [-0.05, 0) is 31.5 Å². The number of ether oxygens (including phenoxy) is 1. The lowest BCUT2D eigenvalue weighted by Gasteiger charge is -2.33. The largest absolute Gasteiger partial charge is 0.463 e. The van der Waals surface area contributed by atoms with Crippen LogP contribution in [-0.4, -0.2) is 36.5 Å². The minimum Gasteiger partial charge on any atom is -0.463 e. The SMILES string of the molecule is CCOC(=O)C1=C(C)N(C)C(=O)N[C@H]1c1cccc(NC(=O)C(C)C)c1. The van der Waals surface area contributed by atoms with Crippen LogP contribution in [0.25, 0.3) is 0 Å². The average Bonchev–Trinajstić information content (AvgIpc) is 2.59. The molecule has 0 fully saturated rings. The molecule has 2 N–H and O–H groups in total. The van der Waals surface area contributed by atoms with E-state index in [-0.39, 0.29) is 24.5 Å². The number of anilines is 1. The van der Waals surface area contributed by atoms with E-state index in [1.807, 2.05) is 0 Å². The molecule has 7 heteroatoms. The maximum Gasteiger partial charge on any atom is 0.338 e. The Morgan fingerprint density at radius 1 is 1.35 bits per heavy atom. The van der Waals surface area contributed by atoms with Crippen LogP contribution in [0.15, 0.2) is 35.5 Å². The van der Waals surface area contributed by atoms with Gasteiger partial charge >= 0.3 is 12.0 Å². The van der Waals surface area contributed by atoms with Gasteiger partial charge in [-0.3, -0.25) is 4.79 Å². The van der Waals surface area contributed by atoms with Crippen molar-refractivity contribution in [3.8, 4) is 0 Å². The maximum absolute atomic E-state index is 12.5. The minimum absolute atomic E-state index is 0.105. The highest BCUT2D eigenvalue weighted by molar-refractivity contribution is 5.95. The lowest BCUT2D eigenvalue weighted by Crippen LogP contribution is -2.46. The van der Waals surface area contributed by atoms with Crippen molar-refractivity contribution in [1.82, 2.24) is 10.2 Å². The van der Waals surface area contributed by atoms with E-state index in [2.05, 4.69) is 10.6 Å². The molecule has 7 nitrogen and oxygen atoms in total. The fraction of sp³-hybridized carbons (Fsp3) is 0.421. The summed E-state index contributed by atoms with van der Waals surface area (Å²) in [6, 6.07) is 6.14. The van der Waals surface area contributed by atoms with Crippen LogP contribution < -0.4 is 10.6 Å². The van der Waals surface area contributed by atoms with Gasteiger partial charge < -0.3 is 20.3 Å². The van der Waals surface area contributed by atoms with Crippen molar-refractivity contribution in [2.24, 2.45) is 5.92 Å². The Hall–Kier alpha value is -2.83. The molecule has 1 aromatic carbocycles. The monoisotopic (exact) mass is 359 g/mol. The van der Waals surface area contributed by atoms with Crippen LogP contribution in [0.5, 0.6) is 0 Å². The summed E-state index contributed by atoms with van der Waals surface area (Å²) in [5, 5.41) is 5.65. The van der Waals surface area contributed by atoms with E-state index >= 15 is 0 Å². The molecule has 1 aliphatic rings. The van der Waals surface area contributed by atoms with Gasteiger partial charge in [0.1, 0.15) is 0 Å². The van der Waals surface area contributed by atoms with Gasteiger partial charge in [0.15, 0.2) is 0 Å². The first-order chi connectivity index (χ1) is 12.3. The van der Waals surface area contributed by atoms with Crippen LogP contribution in [0.2, 0.25) is 0 Å². The van der Waals surface area contributed by atoms with Crippen molar-refractivity contribution in [2.75, 3.05) is 19.0 Å². The molecule has 0 aromatic heterocycles. The molecule has 0 radical (unpaired) electrons. The summed E-state index contributed by atoms with van der Waals surface area (Å²) < 4.78 is 5.17. The molecule has 26 heavy (non-hydrogen) atoms. The maximum atomic E-state index is 12.5. The number of nitrogens with zero attached hydrogens (tertiary/aromatic N) is 1. The first-order valence-electron chi connectivity index (χ1n) is 8.59. The third kappa shape index (κ3) is 4.04. The van der Waals surface area contributed by atoms with E-state index in [1.54, 1.807) is 59.0 Å². The zero-order valence-corrected chi connectivity index (χ0v) is 15.8. The highest BCUT2D eigenvalue weighted by Gasteiger charge is 2.35. The van der Waals surface area contributed by atoms with Crippen LogP contribution in [0, 0.1) is 5.92 Å². The van der Waals surface area contributed by atoms with Gasteiger partial charge in [-0.2, -0.15) is 0 Å². The molecular weight excluding hydrogens is 334 g/mol. The van der Waals surface area contributed by atoms with Crippen molar-refractivity contribution in [1.29, 1.82) is 0 Å². The van der Waals surface area contributed by atoms with E-state index in [9.17, 15) is 14.4 Å². The number of rotatable bonds is 5. The topological polar surface area (TPSA) is 87.7 Å². The molecule has 140 valence electrons. The molecule has 3 amide bonds. The van der Waals surface area contributed by atoms with E-state index in [4.69, 9.17) is 4.74 Å². The van der Waals surface area contributed by atoms with Gasteiger partial charge in [-0.1, -0.05) is 26.0 Å². The van der Waals surface area contributed by atoms with Crippen molar-refractivity contribution in [3.63, 3.8) is 0 Å². The second kappa shape index (κ2) is 8.03. The summed E-state index contributed by atoms with van der Waals surface area (Å²) in [4.78, 5) is 38.0. The Morgan fingerprint density at radius 3 is 2.65 bits per heavy atom. The number of hydrogen-bond acceptors (Lipinski definition) is 4. The molecule has 0 saturated carbocycles. The summed E-state index contributed by atoms with van der Waals surface area (Å²) in [6.07, 6.45) is 0. The van der Waals surface area contributed by atoms with Crippen LogP contribution in [0.1, 0.15) is 39.3 Å². The predicted octanol–water partition coefficient (Wildman–Crippen LogP) is 2.81. The van der Waals surface area contributed by atoms with E-state index < -0.39 is 12.0 Å². The molecule has 0 unspecified atom stereocenters. The first-order valence-corrected chi connectivity index (χ1v) is 8.59. The Morgan fingerprint density at radius 2 is 2.04 bits per heavy atom. The molecule has 1 atom stereocenters. The summed E-state index contributed by atoms with van der Waals surface area (Å²) in [5.74, 6) is -0.732. The summed E-state index contributed by atoms with van der Waals surface area (Å²) in [6.45, 7) is 7.30. The lowest BCUT2D eigenvalue weighted by molar-refractivity contribution is -0.139. The van der Waals surface area contributed by atoms with Crippen LogP contribution in [0.3, 0.4) is 0 Å². The number of urea groups is 1. The standard InChI is InChI=1S/C19H25N3O4/c1-6-26-18(24)15-12(4)22(5)19(25)21-16(15)13-8-7-9-14(10-13)20-17(23)11(2)3/h7-11,16H,6H2,1-5H3,(H,20,23)(H,21,25)/t16-/m0/s1. The fourth-order valence-corrected chi connectivity index (χ4v) is 2.64. The zero-order chi connectivity index (χ0) is 19.4. The molecule has 1 heterocycles. The van der Waals surface area contributed by atoms with Gasteiger partial charge in [-0.15, -0.1) is 0 Å². The third-order valence-electron chi connectivity index (χ3n) is 4.26. The molecule has 2 rings (SSSR count). The van der Waals surface area contributed by atoms with Crippen LogP contribution in [0.4, 0.5) is 10.5 Å². The number of allylic oxidation sites excluding steroid dienone is 1. The Labute approximate surface area is 153 Å². The third-order valence-corrected chi connectivity index (χ3v) is 4.26. The van der Waals surface area contributed by atoms with Crippen molar-refractivity contribution < 1.29 is 19.1 Å². The van der Waals surface area contributed by atoms with Crippen LogP contribution in [-0.2, 0) is 14.3 Å². The predicted molar refractivity (Wildman–Crippen MR) is 98.3 cm³/mol. The highest BCUT2D eigenvalue weighted by Crippen LogP contribution is 2.31. The Balaban J connectivity index is 2.42. The summed E-state index contributed by atoms with van der Waals surface area (Å²) in [7, 11) is 1.60. The second-order valence-electron chi connectivity index (χ2n) is 6.43. The van der Waals surface area contributed by atoms with Crippen LogP contribution >= 0.6 is 0 Å². The molecule has 1 aromatic rings. The highest BCUT2D eigenvalue weighted by atomic mass is 16.5. The van der Waals surface area contributed by atoms with Gasteiger partial charge in [0.05, 0.1) is 18.2 Å². The molecule has 0 aliphatic carbocycles. The minimum atomic E-state index is -0.645. The number of nitrogens with one attached hydrogen (secondary N) is 2. The Kier molecular flexibility index (Phi) is 6.02. The van der Waals surface area contributed by atoms with Gasteiger partial charge in [0.25, 0.3) is 0 Å². The quantitative estimate of drug-likeness (QED) is 0.792. The number of amides is 3. The Bertz CT molecular complexity index is 755. The average molecular weight is 359 g/mol. The summed E-state index contributed by atoms with van der Waals surface area (Å²) >= 11 is 0. The van der Waals surface area contributed by atoms with E-state index in [0.717, 1.165) is 0 Å². The number of carbonyl (C=O) groups excluding carboxylic acids is 3. The molecule has 0 bridgehead atoms. The first kappa shape index (κ1) is 19.5. The number of benzene rings is 1. The number of esters is 1. The van der Waals surface area contributed by atoms with Crippen molar-refractivity contribution in [2.45, 2.75) is 33.7 Å². The van der Waals surface area contributed by atoms with Crippen molar-refractivity contribution >= 4 is 23.6 Å². The number of hydrogen-bond donors (Lipinski definition) is 2. The van der Waals surface area contributed by atoms with E-state index in [1.165, 1.54) is 4.90 Å². The summed E-state index contributed by atoms with van der Waals surface area (Å²) in [5.41, 5.74) is 2.21.